The lowest BCUT2D eigenvalue weighted by Crippen LogP contribution is -2.50. The van der Waals surface area contributed by atoms with E-state index in [1.807, 2.05) is 17.0 Å². The van der Waals surface area contributed by atoms with Crippen molar-refractivity contribution in [2.75, 3.05) is 37.6 Å². The summed E-state index contributed by atoms with van der Waals surface area (Å²) >= 11 is 0. The van der Waals surface area contributed by atoms with Gasteiger partial charge in [0.2, 0.25) is 0 Å². The Bertz CT molecular complexity index is 1030. The lowest BCUT2D eigenvalue weighted by Gasteiger charge is -2.39. The summed E-state index contributed by atoms with van der Waals surface area (Å²) in [7, 11) is 0. The van der Waals surface area contributed by atoms with Crippen LogP contribution in [0.25, 0.3) is 0 Å². The Kier molecular flexibility index (Phi) is 6.27. The minimum Gasteiger partial charge on any atom is -0.468 e. The molecule has 0 unspecified atom stereocenters. The molecular weight excluding hydrogens is 407 g/mol. The molecule has 3 aromatic rings. The molecule has 1 atom stereocenters. The second kappa shape index (κ2) is 9.26. The fraction of sp³-hybridized carbons (Fsp3) is 0.261. The van der Waals surface area contributed by atoms with Crippen LogP contribution in [0, 0.1) is 17.5 Å². The average Bonchev–Trinajstić information content (AvgIpc) is 3.31. The summed E-state index contributed by atoms with van der Waals surface area (Å²) in [6, 6.07) is 13.1. The van der Waals surface area contributed by atoms with Crippen molar-refractivity contribution in [3.63, 3.8) is 0 Å². The first-order valence-electron chi connectivity index (χ1n) is 10.0. The minimum absolute atomic E-state index is 0.0430. The van der Waals surface area contributed by atoms with Gasteiger partial charge in [0, 0.05) is 38.3 Å². The van der Waals surface area contributed by atoms with E-state index in [4.69, 9.17) is 4.42 Å². The third-order valence-electron chi connectivity index (χ3n) is 5.46. The number of halogens is 3. The second-order valence-electron chi connectivity index (χ2n) is 7.34. The zero-order chi connectivity index (χ0) is 21.8. The van der Waals surface area contributed by atoms with Crippen molar-refractivity contribution >= 4 is 11.6 Å². The zero-order valence-corrected chi connectivity index (χ0v) is 16.7. The quantitative estimate of drug-likeness (QED) is 0.644. The first-order valence-corrected chi connectivity index (χ1v) is 10.0. The van der Waals surface area contributed by atoms with Crippen LogP contribution >= 0.6 is 0 Å². The highest BCUT2D eigenvalue weighted by Gasteiger charge is 2.28. The van der Waals surface area contributed by atoms with E-state index in [0.717, 1.165) is 12.1 Å². The number of nitrogens with zero attached hydrogens (tertiary/aromatic N) is 2. The minimum atomic E-state index is -1.07. The van der Waals surface area contributed by atoms with Crippen molar-refractivity contribution in [3.8, 4) is 0 Å². The second-order valence-corrected chi connectivity index (χ2v) is 7.34. The Morgan fingerprint density at radius 1 is 0.935 bits per heavy atom. The largest absolute Gasteiger partial charge is 0.468 e. The van der Waals surface area contributed by atoms with Gasteiger partial charge >= 0.3 is 0 Å². The maximum Gasteiger partial charge on any atom is 0.251 e. The summed E-state index contributed by atoms with van der Waals surface area (Å²) in [5.41, 5.74) is 0.616. The number of piperazine rings is 1. The molecule has 5 nitrogen and oxygen atoms in total. The Morgan fingerprint density at radius 3 is 2.39 bits per heavy atom. The first-order chi connectivity index (χ1) is 15.0. The highest BCUT2D eigenvalue weighted by atomic mass is 19.2. The lowest BCUT2D eigenvalue weighted by molar-refractivity contribution is 0.0922. The van der Waals surface area contributed by atoms with E-state index in [1.165, 1.54) is 12.1 Å². The molecule has 0 radical (unpaired) electrons. The molecule has 2 aromatic carbocycles. The normalized spacial score (nSPS) is 15.6. The molecule has 1 aliphatic rings. The summed E-state index contributed by atoms with van der Waals surface area (Å²) < 4.78 is 46.3. The SMILES string of the molecule is O=C(NC[C@@H](c1ccco1)N1CCN(c2ccccc2F)CC1)c1ccc(F)c(F)c1. The number of hydrogen-bond donors (Lipinski definition) is 1. The van der Waals surface area contributed by atoms with E-state index < -0.39 is 17.5 Å². The van der Waals surface area contributed by atoms with Gasteiger partial charge in [0.1, 0.15) is 11.6 Å². The smallest absolute Gasteiger partial charge is 0.251 e. The molecule has 1 fully saturated rings. The predicted molar refractivity (Wildman–Crippen MR) is 110 cm³/mol. The highest BCUT2D eigenvalue weighted by molar-refractivity contribution is 5.94. The molecule has 0 bridgehead atoms. The first kappa shape index (κ1) is 21.0. The van der Waals surface area contributed by atoms with Gasteiger partial charge in [-0.05, 0) is 42.5 Å². The van der Waals surface area contributed by atoms with Gasteiger partial charge in [-0.1, -0.05) is 12.1 Å². The third kappa shape index (κ3) is 4.74. The third-order valence-corrected chi connectivity index (χ3v) is 5.46. The number of amides is 1. The summed E-state index contributed by atoms with van der Waals surface area (Å²) in [5.74, 6) is -2.14. The molecule has 1 aromatic heterocycles. The molecule has 31 heavy (non-hydrogen) atoms. The fourth-order valence-corrected chi connectivity index (χ4v) is 3.80. The van der Waals surface area contributed by atoms with Crippen molar-refractivity contribution in [3.05, 3.63) is 89.6 Å². The Hall–Kier alpha value is -3.26. The molecule has 1 saturated heterocycles. The van der Waals surface area contributed by atoms with Crippen molar-refractivity contribution in [2.45, 2.75) is 6.04 Å². The molecule has 0 aliphatic carbocycles. The summed E-state index contributed by atoms with van der Waals surface area (Å²) in [6.45, 7) is 2.75. The van der Waals surface area contributed by atoms with Crippen LogP contribution in [0.2, 0.25) is 0 Å². The predicted octanol–water partition coefficient (Wildman–Crippen LogP) is 3.99. The maximum atomic E-state index is 14.1. The van der Waals surface area contributed by atoms with Crippen LogP contribution in [0.4, 0.5) is 18.9 Å². The van der Waals surface area contributed by atoms with Gasteiger partial charge in [-0.25, -0.2) is 13.2 Å². The number of benzene rings is 2. The standard InChI is InChI=1S/C23H22F3N3O2/c24-17-8-7-16(14-19(17)26)23(30)27-15-21(22-6-3-13-31-22)29-11-9-28(10-12-29)20-5-2-1-4-18(20)25/h1-8,13-14,21H,9-12,15H2,(H,27,30)/t21-/m0/s1. The highest BCUT2D eigenvalue weighted by Crippen LogP contribution is 2.25. The number of hydrogen-bond acceptors (Lipinski definition) is 4. The fourth-order valence-electron chi connectivity index (χ4n) is 3.80. The van der Waals surface area contributed by atoms with Gasteiger partial charge in [0.05, 0.1) is 18.0 Å². The lowest BCUT2D eigenvalue weighted by atomic mass is 10.1. The molecule has 0 saturated carbocycles. The van der Waals surface area contributed by atoms with E-state index in [9.17, 15) is 18.0 Å². The van der Waals surface area contributed by atoms with Gasteiger partial charge < -0.3 is 14.6 Å². The molecule has 162 valence electrons. The van der Waals surface area contributed by atoms with Crippen LogP contribution in [0.5, 0.6) is 0 Å². The van der Waals surface area contributed by atoms with Crippen molar-refractivity contribution in [1.29, 1.82) is 0 Å². The Morgan fingerprint density at radius 2 is 1.71 bits per heavy atom. The number of para-hydroxylation sites is 1. The van der Waals surface area contributed by atoms with Crippen molar-refractivity contribution in [1.82, 2.24) is 10.2 Å². The van der Waals surface area contributed by atoms with Gasteiger partial charge in [0.15, 0.2) is 11.6 Å². The number of rotatable bonds is 6. The zero-order valence-electron chi connectivity index (χ0n) is 16.7. The number of anilines is 1. The van der Waals surface area contributed by atoms with Gasteiger partial charge in [-0.3, -0.25) is 9.69 Å². The molecule has 1 amide bonds. The van der Waals surface area contributed by atoms with Gasteiger partial charge in [-0.15, -0.1) is 0 Å². The van der Waals surface area contributed by atoms with Crippen molar-refractivity contribution in [2.24, 2.45) is 0 Å². The Labute approximate surface area is 178 Å². The molecule has 2 heterocycles. The van der Waals surface area contributed by atoms with Crippen LogP contribution in [0.1, 0.15) is 22.2 Å². The molecule has 1 N–H and O–H groups in total. The van der Waals surface area contributed by atoms with E-state index in [-0.39, 0.29) is 24.0 Å². The maximum absolute atomic E-state index is 14.1. The van der Waals surface area contributed by atoms with Crippen LogP contribution in [0.15, 0.2) is 65.3 Å². The summed E-state index contributed by atoms with van der Waals surface area (Å²) in [4.78, 5) is 16.6. The summed E-state index contributed by atoms with van der Waals surface area (Å²) in [6.07, 6.45) is 1.56. The topological polar surface area (TPSA) is 48.7 Å². The number of carbonyl (C=O) groups is 1. The van der Waals surface area contributed by atoms with E-state index in [0.29, 0.717) is 37.6 Å². The van der Waals surface area contributed by atoms with E-state index >= 15 is 0 Å². The number of carbonyl (C=O) groups excluding carboxylic acids is 1. The monoisotopic (exact) mass is 429 g/mol. The van der Waals surface area contributed by atoms with Crippen LogP contribution < -0.4 is 10.2 Å². The van der Waals surface area contributed by atoms with Gasteiger partial charge in [-0.2, -0.15) is 0 Å². The molecule has 8 heteroatoms. The number of nitrogens with one attached hydrogen (secondary N) is 1. The molecule has 0 spiro atoms. The Balaban J connectivity index is 1.42. The molecule has 1 aliphatic heterocycles. The van der Waals surface area contributed by atoms with Crippen LogP contribution in [-0.4, -0.2) is 43.5 Å². The van der Waals surface area contributed by atoms with Crippen molar-refractivity contribution < 1.29 is 22.4 Å². The van der Waals surface area contributed by atoms with Crippen LogP contribution in [-0.2, 0) is 0 Å². The average molecular weight is 429 g/mol. The summed E-state index contributed by atoms with van der Waals surface area (Å²) in [5, 5.41) is 2.78. The van der Waals surface area contributed by atoms with Gasteiger partial charge in [0.25, 0.3) is 5.91 Å². The number of furan rings is 1. The van der Waals surface area contributed by atoms with E-state index in [2.05, 4.69) is 10.2 Å². The van der Waals surface area contributed by atoms with E-state index in [1.54, 1.807) is 24.5 Å². The van der Waals surface area contributed by atoms with Crippen LogP contribution in [0.3, 0.4) is 0 Å². The molecular formula is C23H22F3N3O2. The molecule has 4 rings (SSSR count).